The summed E-state index contributed by atoms with van der Waals surface area (Å²) >= 11 is 0. The van der Waals surface area contributed by atoms with Gasteiger partial charge in [-0.2, -0.15) is 0 Å². The zero-order chi connectivity index (χ0) is 9.61. The van der Waals surface area contributed by atoms with Crippen LogP contribution >= 0.6 is 0 Å². The molecule has 1 N–H and O–H groups in total. The molecule has 0 aromatic carbocycles. The highest BCUT2D eigenvalue weighted by Crippen LogP contribution is 1.93. The largest absolute Gasteiger partial charge is 0.461 e. The molecule has 0 fully saturated rings. The second-order valence-electron chi connectivity index (χ2n) is 3.58. The van der Waals surface area contributed by atoms with Crippen LogP contribution in [0.1, 0.15) is 0 Å². The molecule has 0 spiro atoms. The fraction of sp³-hybridized carbons (Fsp3) is 0.625. The smallest absolute Gasteiger partial charge is 0.319 e. The molecule has 0 rings (SSSR count). The third-order valence-corrected chi connectivity index (χ3v) is 2.36. The number of carbonyl (C=O) groups is 1. The van der Waals surface area contributed by atoms with E-state index in [-0.39, 0.29) is 5.97 Å². The van der Waals surface area contributed by atoms with Crippen molar-refractivity contribution in [1.82, 2.24) is 4.98 Å². The van der Waals surface area contributed by atoms with Gasteiger partial charge in [0.1, 0.15) is 14.8 Å². The Morgan fingerprint density at radius 3 is 2.58 bits per heavy atom. The highest BCUT2D eigenvalue weighted by Gasteiger charge is 2.13. The topological polar surface area (TPSA) is 38.3 Å². The maximum Gasteiger partial charge on any atom is 0.319 e. The van der Waals surface area contributed by atoms with E-state index in [1.54, 1.807) is 6.08 Å². The van der Waals surface area contributed by atoms with Gasteiger partial charge in [-0.1, -0.05) is 32.3 Å². The predicted octanol–water partition coefficient (Wildman–Crippen LogP) is 1.14. The molecule has 12 heavy (non-hydrogen) atoms. The van der Waals surface area contributed by atoms with Crippen molar-refractivity contribution in [3.63, 3.8) is 0 Å². The maximum atomic E-state index is 10.9. The molecule has 4 heteroatoms. The first kappa shape index (κ1) is 11.4. The third kappa shape index (κ3) is 7.49. The first-order valence-corrected chi connectivity index (χ1v) is 7.47. The lowest BCUT2D eigenvalue weighted by molar-refractivity contribution is -0.140. The van der Waals surface area contributed by atoms with Gasteiger partial charge in [0, 0.05) is 0 Å². The first-order chi connectivity index (χ1) is 5.45. The van der Waals surface area contributed by atoms with Crippen molar-refractivity contribution in [2.24, 2.45) is 0 Å². The van der Waals surface area contributed by atoms with Crippen molar-refractivity contribution < 1.29 is 9.53 Å². The number of carbonyl (C=O) groups excluding carboxylic acids is 1. The second kappa shape index (κ2) is 5.11. The van der Waals surface area contributed by atoms with Crippen LogP contribution in [0.25, 0.3) is 0 Å². The van der Waals surface area contributed by atoms with Gasteiger partial charge in [-0.15, -0.1) is 0 Å². The lowest BCUT2D eigenvalue weighted by Crippen LogP contribution is -2.44. The number of rotatable bonds is 5. The average Bonchev–Trinajstić information content (AvgIpc) is 1.95. The van der Waals surface area contributed by atoms with E-state index in [0.717, 1.165) is 0 Å². The monoisotopic (exact) mass is 187 g/mol. The summed E-state index contributed by atoms with van der Waals surface area (Å²) in [7, 11) is -1.34. The molecule has 3 nitrogen and oxygen atoms in total. The molecular formula is C8H17NO2Si. The van der Waals surface area contributed by atoms with Gasteiger partial charge in [-0.3, -0.25) is 4.79 Å². The highest BCUT2D eigenvalue weighted by molar-refractivity contribution is 6.73. The van der Waals surface area contributed by atoms with Gasteiger partial charge >= 0.3 is 5.97 Å². The van der Waals surface area contributed by atoms with Crippen LogP contribution < -0.4 is 4.98 Å². The van der Waals surface area contributed by atoms with Gasteiger partial charge in [0.05, 0.1) is 6.54 Å². The summed E-state index contributed by atoms with van der Waals surface area (Å²) in [5.74, 6) is -0.211. The number of hydrogen-bond donors (Lipinski definition) is 1. The summed E-state index contributed by atoms with van der Waals surface area (Å²) in [5, 5.41) is 0. The van der Waals surface area contributed by atoms with E-state index < -0.39 is 8.24 Å². The van der Waals surface area contributed by atoms with E-state index in [2.05, 4.69) is 31.2 Å². The average molecular weight is 187 g/mol. The Bertz CT molecular complexity index is 163. The van der Waals surface area contributed by atoms with Gasteiger partial charge in [-0.05, 0) is 0 Å². The summed E-state index contributed by atoms with van der Waals surface area (Å²) < 4.78 is 4.79. The van der Waals surface area contributed by atoms with Gasteiger partial charge < -0.3 is 9.72 Å². The molecule has 0 aromatic heterocycles. The van der Waals surface area contributed by atoms with Crippen LogP contribution in [0.3, 0.4) is 0 Å². The van der Waals surface area contributed by atoms with Crippen molar-refractivity contribution in [2.45, 2.75) is 19.6 Å². The lowest BCUT2D eigenvalue weighted by atomic mass is 10.6. The van der Waals surface area contributed by atoms with E-state index in [1.165, 1.54) is 0 Å². The molecule has 0 bridgehead atoms. The number of hydrogen-bond acceptors (Lipinski definition) is 3. The van der Waals surface area contributed by atoms with E-state index in [4.69, 9.17) is 4.74 Å². The molecule has 0 heterocycles. The minimum atomic E-state index is -1.34. The van der Waals surface area contributed by atoms with Crippen LogP contribution in [0.15, 0.2) is 12.7 Å². The minimum absolute atomic E-state index is 0.211. The summed E-state index contributed by atoms with van der Waals surface area (Å²) in [6, 6.07) is 0. The van der Waals surface area contributed by atoms with Crippen LogP contribution in [0.2, 0.25) is 19.6 Å². The van der Waals surface area contributed by atoms with Crippen molar-refractivity contribution in [3.05, 3.63) is 12.7 Å². The minimum Gasteiger partial charge on any atom is -0.461 e. The SMILES string of the molecule is C=CCOC(=O)CN[Si](C)(C)C. The molecule has 0 aliphatic carbocycles. The van der Waals surface area contributed by atoms with Crippen molar-refractivity contribution >= 4 is 14.2 Å². The van der Waals surface area contributed by atoms with Crippen LogP contribution in [0.4, 0.5) is 0 Å². The molecule has 0 atom stereocenters. The molecule has 0 saturated heterocycles. The Morgan fingerprint density at radius 2 is 2.17 bits per heavy atom. The summed E-state index contributed by atoms with van der Waals surface area (Å²) in [5.41, 5.74) is 0. The standard InChI is InChI=1S/C8H17NO2Si/c1-5-6-11-8(10)7-9-12(2,3)4/h5,9H,1,6-7H2,2-4H3. The molecule has 0 radical (unpaired) electrons. The Labute approximate surface area is 74.9 Å². The maximum absolute atomic E-state index is 10.9. The van der Waals surface area contributed by atoms with Crippen LogP contribution in [-0.2, 0) is 9.53 Å². The van der Waals surface area contributed by atoms with Crippen molar-refractivity contribution in [3.8, 4) is 0 Å². The normalized spacial score (nSPS) is 10.9. The van der Waals surface area contributed by atoms with Crippen molar-refractivity contribution in [1.29, 1.82) is 0 Å². The third-order valence-electron chi connectivity index (χ3n) is 1.13. The van der Waals surface area contributed by atoms with Crippen LogP contribution in [0, 0.1) is 0 Å². The zero-order valence-electron chi connectivity index (χ0n) is 8.02. The van der Waals surface area contributed by atoms with Gasteiger partial charge in [0.15, 0.2) is 0 Å². The number of ether oxygens (including phenoxy) is 1. The van der Waals surface area contributed by atoms with E-state index in [1.807, 2.05) is 0 Å². The summed E-state index contributed by atoms with van der Waals surface area (Å²) in [6.45, 7) is 10.5. The van der Waals surface area contributed by atoms with Crippen molar-refractivity contribution in [2.75, 3.05) is 13.2 Å². The fourth-order valence-corrected chi connectivity index (χ4v) is 1.21. The summed E-state index contributed by atoms with van der Waals surface area (Å²) in [4.78, 5) is 14.1. The van der Waals surface area contributed by atoms with Gasteiger partial charge in [-0.25, -0.2) is 0 Å². The molecule has 0 aliphatic heterocycles. The molecule has 0 unspecified atom stereocenters. The molecular weight excluding hydrogens is 170 g/mol. The molecule has 0 saturated carbocycles. The zero-order valence-corrected chi connectivity index (χ0v) is 9.02. The fourth-order valence-electron chi connectivity index (χ4n) is 0.540. The van der Waals surface area contributed by atoms with E-state index in [0.29, 0.717) is 13.2 Å². The van der Waals surface area contributed by atoms with Gasteiger partial charge in [0.2, 0.25) is 0 Å². The lowest BCUT2D eigenvalue weighted by Gasteiger charge is -2.16. The highest BCUT2D eigenvalue weighted by atomic mass is 28.3. The predicted molar refractivity (Wildman–Crippen MR) is 52.5 cm³/mol. The molecule has 0 aliphatic rings. The quantitative estimate of drug-likeness (QED) is 0.398. The first-order valence-electron chi connectivity index (χ1n) is 3.97. The summed E-state index contributed by atoms with van der Waals surface area (Å²) in [6.07, 6.45) is 1.56. The number of esters is 1. The Balaban J connectivity index is 3.51. The molecule has 70 valence electrons. The van der Waals surface area contributed by atoms with E-state index in [9.17, 15) is 4.79 Å². The Morgan fingerprint density at radius 1 is 1.58 bits per heavy atom. The Kier molecular flexibility index (Phi) is 4.85. The Hall–Kier alpha value is -0.613. The molecule has 0 aromatic rings. The van der Waals surface area contributed by atoms with Gasteiger partial charge in [0.25, 0.3) is 0 Å². The van der Waals surface area contributed by atoms with E-state index >= 15 is 0 Å². The van der Waals surface area contributed by atoms with Crippen LogP contribution in [0.5, 0.6) is 0 Å². The second-order valence-corrected chi connectivity index (χ2v) is 8.43. The molecule has 0 amide bonds. The van der Waals surface area contributed by atoms with Crippen LogP contribution in [-0.4, -0.2) is 27.4 Å². The number of nitrogens with one attached hydrogen (secondary N) is 1.